The smallest absolute Gasteiger partial charge is 0.232 e. The summed E-state index contributed by atoms with van der Waals surface area (Å²) in [5.41, 5.74) is 6.42. The van der Waals surface area contributed by atoms with Crippen LogP contribution in [0.5, 0.6) is 0 Å². The lowest BCUT2D eigenvalue weighted by atomic mass is 10.1. The van der Waals surface area contributed by atoms with E-state index in [2.05, 4.69) is 126 Å². The van der Waals surface area contributed by atoms with E-state index in [0.29, 0.717) is 0 Å². The highest BCUT2D eigenvalue weighted by Crippen LogP contribution is 2.45. The number of aromatic nitrogens is 2. The summed E-state index contributed by atoms with van der Waals surface area (Å²) >= 11 is 3.81. The van der Waals surface area contributed by atoms with Gasteiger partial charge in [-0.15, -0.1) is 22.7 Å². The Kier molecular flexibility index (Phi) is 4.43. The monoisotopic (exact) mass is 511 g/mol. The molecule has 0 unspecified atom stereocenters. The highest BCUT2D eigenvalue weighted by atomic mass is 32.1. The van der Waals surface area contributed by atoms with Crippen LogP contribution in [0.15, 0.2) is 103 Å². The molecular formula is C33H23N2S2+. The number of pyridine rings is 1. The summed E-state index contributed by atoms with van der Waals surface area (Å²) in [7, 11) is 2.18. The Morgan fingerprint density at radius 2 is 1.27 bits per heavy atom. The molecule has 176 valence electrons. The molecule has 4 heteroatoms. The van der Waals surface area contributed by atoms with E-state index in [1.54, 1.807) is 0 Å². The Balaban J connectivity index is 1.50. The van der Waals surface area contributed by atoms with Gasteiger partial charge in [-0.1, -0.05) is 66.7 Å². The van der Waals surface area contributed by atoms with E-state index >= 15 is 0 Å². The second kappa shape index (κ2) is 7.75. The van der Waals surface area contributed by atoms with Crippen LogP contribution in [0.2, 0.25) is 0 Å². The van der Waals surface area contributed by atoms with Gasteiger partial charge >= 0.3 is 0 Å². The fraction of sp³-hybridized carbons (Fsp3) is 0.0606. The van der Waals surface area contributed by atoms with Gasteiger partial charge in [-0.3, -0.25) is 0 Å². The zero-order valence-corrected chi connectivity index (χ0v) is 22.2. The van der Waals surface area contributed by atoms with Crippen LogP contribution in [0.3, 0.4) is 0 Å². The van der Waals surface area contributed by atoms with E-state index in [4.69, 9.17) is 0 Å². The molecule has 8 aromatic rings. The number of fused-ring (bicyclic) bond motifs is 7. The molecular weight excluding hydrogens is 489 g/mol. The summed E-state index contributed by atoms with van der Waals surface area (Å²) < 4.78 is 8.76. The third-order valence-corrected chi connectivity index (χ3v) is 10.1. The Bertz CT molecular complexity index is 2120. The maximum atomic E-state index is 2.45. The van der Waals surface area contributed by atoms with Gasteiger partial charge in [0, 0.05) is 31.6 Å². The first-order chi connectivity index (χ1) is 18.2. The quantitative estimate of drug-likeness (QED) is 0.205. The van der Waals surface area contributed by atoms with Crippen molar-refractivity contribution in [2.75, 3.05) is 0 Å². The lowest BCUT2D eigenvalue weighted by Crippen LogP contribution is -2.30. The average Bonchev–Trinajstić information content (AvgIpc) is 3.59. The molecule has 0 saturated carbocycles. The van der Waals surface area contributed by atoms with Crippen molar-refractivity contribution in [3.8, 4) is 16.3 Å². The molecule has 0 bridgehead atoms. The van der Waals surface area contributed by atoms with Gasteiger partial charge in [0.15, 0.2) is 6.20 Å². The van der Waals surface area contributed by atoms with Gasteiger partial charge in [0.1, 0.15) is 11.9 Å². The van der Waals surface area contributed by atoms with E-state index in [0.717, 1.165) is 0 Å². The van der Waals surface area contributed by atoms with Crippen LogP contribution in [0.25, 0.3) is 68.3 Å². The highest BCUT2D eigenvalue weighted by molar-refractivity contribution is 7.26. The van der Waals surface area contributed by atoms with Crippen LogP contribution in [0.1, 0.15) is 5.56 Å². The molecule has 4 heterocycles. The van der Waals surface area contributed by atoms with Crippen molar-refractivity contribution in [1.82, 2.24) is 4.57 Å². The second-order valence-electron chi connectivity index (χ2n) is 9.69. The Morgan fingerprint density at radius 3 is 2.00 bits per heavy atom. The van der Waals surface area contributed by atoms with Gasteiger partial charge in [-0.2, -0.15) is 4.57 Å². The van der Waals surface area contributed by atoms with Gasteiger partial charge in [-0.25, -0.2) is 0 Å². The van der Waals surface area contributed by atoms with E-state index in [9.17, 15) is 0 Å². The van der Waals surface area contributed by atoms with Gasteiger partial charge in [0.05, 0.1) is 26.8 Å². The molecule has 0 saturated heterocycles. The minimum atomic E-state index is 1.25. The normalized spacial score (nSPS) is 12.1. The van der Waals surface area contributed by atoms with Crippen molar-refractivity contribution in [3.63, 3.8) is 0 Å². The number of hydrogen-bond acceptors (Lipinski definition) is 2. The molecule has 0 atom stereocenters. The predicted octanol–water partition coefficient (Wildman–Crippen LogP) is 9.17. The summed E-state index contributed by atoms with van der Waals surface area (Å²) in [5.74, 6) is 0. The average molecular weight is 512 g/mol. The molecule has 0 aliphatic carbocycles. The second-order valence-corrected chi connectivity index (χ2v) is 11.8. The standard InChI is InChI=1S/C33H23N2S2/c1-20-21-10-5-8-17-28(21)36-32(20)31-30-24-13-9-16-27(33(24)37-29(30)18-19-34(31)2)35-25-14-6-3-11-22(25)23-12-4-7-15-26(23)35/h3-19H,1-2H3/q+1. The van der Waals surface area contributed by atoms with Crippen LogP contribution in [0.4, 0.5) is 0 Å². The molecule has 0 aliphatic heterocycles. The topological polar surface area (TPSA) is 8.81 Å². The number of benzene rings is 4. The molecule has 0 amide bonds. The van der Waals surface area contributed by atoms with Gasteiger partial charge in [-0.05, 0) is 42.1 Å². The minimum absolute atomic E-state index is 1.25. The molecule has 0 N–H and O–H groups in total. The van der Waals surface area contributed by atoms with Crippen LogP contribution >= 0.6 is 22.7 Å². The summed E-state index contributed by atoms with van der Waals surface area (Å²) in [6.07, 6.45) is 2.22. The molecule has 37 heavy (non-hydrogen) atoms. The third-order valence-electron chi connectivity index (χ3n) is 7.64. The highest BCUT2D eigenvalue weighted by Gasteiger charge is 2.25. The third kappa shape index (κ3) is 2.88. The van der Waals surface area contributed by atoms with Gasteiger partial charge in [0.2, 0.25) is 5.69 Å². The van der Waals surface area contributed by atoms with Gasteiger partial charge < -0.3 is 4.57 Å². The van der Waals surface area contributed by atoms with Crippen LogP contribution < -0.4 is 4.57 Å². The van der Waals surface area contributed by atoms with Crippen molar-refractivity contribution in [2.24, 2.45) is 7.05 Å². The SMILES string of the molecule is Cc1c(-c2c3c(cc[n+]2C)sc2c(-n4c5ccccc5c5ccccc54)cccc23)sc2ccccc12. The first-order valence-electron chi connectivity index (χ1n) is 12.5. The molecule has 4 aromatic heterocycles. The first-order valence-corrected chi connectivity index (χ1v) is 14.1. The Labute approximate surface area is 222 Å². The van der Waals surface area contributed by atoms with Gasteiger partial charge in [0.25, 0.3) is 0 Å². The van der Waals surface area contributed by atoms with Crippen molar-refractivity contribution < 1.29 is 4.57 Å². The van der Waals surface area contributed by atoms with Crippen molar-refractivity contribution >= 4 is 74.7 Å². The number of hydrogen-bond donors (Lipinski definition) is 0. The zero-order chi connectivity index (χ0) is 24.7. The zero-order valence-electron chi connectivity index (χ0n) is 20.5. The summed E-state index contributed by atoms with van der Waals surface area (Å²) in [6.45, 7) is 2.27. The van der Waals surface area contributed by atoms with E-state index < -0.39 is 0 Å². The molecule has 4 aromatic carbocycles. The van der Waals surface area contributed by atoms with Crippen LogP contribution in [-0.2, 0) is 7.05 Å². The number of rotatable bonds is 2. The summed E-state index contributed by atoms with van der Waals surface area (Å²) in [4.78, 5) is 1.36. The maximum Gasteiger partial charge on any atom is 0.232 e. The van der Waals surface area contributed by atoms with Crippen LogP contribution in [-0.4, -0.2) is 4.57 Å². The maximum absolute atomic E-state index is 2.45. The lowest BCUT2D eigenvalue weighted by Gasteiger charge is -2.09. The van der Waals surface area contributed by atoms with Crippen molar-refractivity contribution in [2.45, 2.75) is 6.92 Å². The lowest BCUT2D eigenvalue weighted by molar-refractivity contribution is -0.659. The molecule has 0 radical (unpaired) electrons. The van der Waals surface area contributed by atoms with E-state index in [1.165, 1.54) is 73.9 Å². The summed E-state index contributed by atoms with van der Waals surface area (Å²) in [5, 5.41) is 6.61. The minimum Gasteiger partial charge on any atom is -0.308 e. The predicted molar refractivity (Wildman–Crippen MR) is 160 cm³/mol. The van der Waals surface area contributed by atoms with Crippen LogP contribution in [0, 0.1) is 6.92 Å². The summed E-state index contributed by atoms with van der Waals surface area (Å²) in [6, 6.07) is 35.4. The fourth-order valence-electron chi connectivity index (χ4n) is 5.95. The first kappa shape index (κ1) is 21.1. The molecule has 0 fully saturated rings. The number of nitrogens with zero attached hydrogens (tertiary/aromatic N) is 2. The number of para-hydroxylation sites is 2. The Hall–Kier alpha value is -3.99. The molecule has 2 nitrogen and oxygen atoms in total. The fourth-order valence-corrected chi connectivity index (χ4v) is 8.45. The molecule has 0 aliphatic rings. The molecule has 8 rings (SSSR count). The van der Waals surface area contributed by atoms with E-state index in [1.807, 2.05) is 22.7 Å². The molecule has 0 spiro atoms. The van der Waals surface area contributed by atoms with Crippen molar-refractivity contribution in [1.29, 1.82) is 0 Å². The number of aryl methyl sites for hydroxylation is 2. The van der Waals surface area contributed by atoms with Crippen molar-refractivity contribution in [3.05, 3.63) is 109 Å². The van der Waals surface area contributed by atoms with E-state index in [-0.39, 0.29) is 0 Å². The Morgan fingerprint density at radius 1 is 0.622 bits per heavy atom. The largest absolute Gasteiger partial charge is 0.308 e. The number of thiophene rings is 2.